The van der Waals surface area contributed by atoms with Crippen LogP contribution >= 0.6 is 35.3 Å². The lowest BCUT2D eigenvalue weighted by Crippen LogP contribution is -1.93. The predicted molar refractivity (Wildman–Crippen MR) is 90.7 cm³/mol. The van der Waals surface area contributed by atoms with E-state index in [2.05, 4.69) is 27.4 Å². The first-order chi connectivity index (χ1) is 10.3. The lowest BCUT2D eigenvalue weighted by Gasteiger charge is -2.00. The molecule has 2 heterocycles. The number of aromatic amines is 1. The summed E-state index contributed by atoms with van der Waals surface area (Å²) in [4.78, 5) is 0. The molecule has 0 aliphatic heterocycles. The SMILES string of the molecule is S=c1[nH]nc(SCc2ccccc2)n1/N=C\c1ccsc1. The number of thiophene rings is 1. The molecule has 2 aromatic heterocycles. The average Bonchev–Trinajstić information content (AvgIpc) is 3.14. The number of hydrogen-bond donors (Lipinski definition) is 1. The van der Waals surface area contributed by atoms with Gasteiger partial charge < -0.3 is 0 Å². The van der Waals surface area contributed by atoms with Crippen molar-refractivity contribution in [3.63, 3.8) is 0 Å². The third-order valence-corrected chi connectivity index (χ3v) is 4.66. The summed E-state index contributed by atoms with van der Waals surface area (Å²) in [6.07, 6.45) is 1.79. The molecule has 0 aliphatic carbocycles. The monoisotopic (exact) mass is 332 g/mol. The van der Waals surface area contributed by atoms with Gasteiger partial charge in [-0.1, -0.05) is 42.1 Å². The molecule has 21 heavy (non-hydrogen) atoms. The molecule has 0 atom stereocenters. The molecule has 1 aromatic carbocycles. The first-order valence-electron chi connectivity index (χ1n) is 6.23. The van der Waals surface area contributed by atoms with Gasteiger partial charge in [-0.3, -0.25) is 0 Å². The highest BCUT2D eigenvalue weighted by atomic mass is 32.2. The van der Waals surface area contributed by atoms with Gasteiger partial charge in [-0.15, -0.1) is 5.10 Å². The summed E-state index contributed by atoms with van der Waals surface area (Å²) in [6, 6.07) is 12.3. The Morgan fingerprint density at radius 3 is 2.95 bits per heavy atom. The van der Waals surface area contributed by atoms with Crippen molar-refractivity contribution >= 4 is 41.5 Å². The number of thioether (sulfide) groups is 1. The van der Waals surface area contributed by atoms with E-state index in [4.69, 9.17) is 12.2 Å². The van der Waals surface area contributed by atoms with Crippen LogP contribution in [0.5, 0.6) is 0 Å². The number of nitrogens with one attached hydrogen (secondary N) is 1. The minimum Gasteiger partial charge on any atom is -0.249 e. The normalized spacial score (nSPS) is 11.2. The molecule has 0 radical (unpaired) electrons. The number of H-pyrrole nitrogens is 1. The molecule has 7 heteroatoms. The summed E-state index contributed by atoms with van der Waals surface area (Å²) in [5, 5.41) is 16.2. The van der Waals surface area contributed by atoms with Gasteiger partial charge in [0.25, 0.3) is 0 Å². The number of rotatable bonds is 5. The van der Waals surface area contributed by atoms with Crippen LogP contribution in [-0.4, -0.2) is 21.1 Å². The lowest BCUT2D eigenvalue weighted by molar-refractivity contribution is 0.759. The van der Waals surface area contributed by atoms with Gasteiger partial charge in [0, 0.05) is 11.3 Å². The van der Waals surface area contributed by atoms with Gasteiger partial charge in [-0.2, -0.15) is 21.1 Å². The Bertz CT molecular complexity index is 772. The minimum atomic E-state index is 0.497. The van der Waals surface area contributed by atoms with Crippen LogP contribution in [0.3, 0.4) is 0 Å². The molecular weight excluding hydrogens is 320 g/mol. The van der Waals surface area contributed by atoms with E-state index in [1.807, 2.05) is 35.0 Å². The van der Waals surface area contributed by atoms with Crippen LogP contribution in [0.1, 0.15) is 11.1 Å². The molecule has 3 rings (SSSR count). The van der Waals surface area contributed by atoms with Gasteiger partial charge in [0.05, 0.1) is 6.21 Å². The third-order valence-electron chi connectivity index (χ3n) is 2.70. The van der Waals surface area contributed by atoms with E-state index in [0.717, 1.165) is 16.5 Å². The molecule has 0 fully saturated rings. The van der Waals surface area contributed by atoms with Gasteiger partial charge >= 0.3 is 0 Å². The van der Waals surface area contributed by atoms with Crippen LogP contribution in [0.4, 0.5) is 0 Å². The first kappa shape index (κ1) is 14.2. The van der Waals surface area contributed by atoms with Gasteiger partial charge in [0.1, 0.15) is 0 Å². The van der Waals surface area contributed by atoms with Crippen molar-refractivity contribution in [2.45, 2.75) is 10.9 Å². The van der Waals surface area contributed by atoms with Gasteiger partial charge in [0.2, 0.25) is 9.93 Å². The maximum Gasteiger partial charge on any atom is 0.217 e. The zero-order chi connectivity index (χ0) is 14.5. The zero-order valence-corrected chi connectivity index (χ0v) is 13.4. The largest absolute Gasteiger partial charge is 0.249 e. The first-order valence-corrected chi connectivity index (χ1v) is 8.57. The Balaban J connectivity index is 1.76. The lowest BCUT2D eigenvalue weighted by atomic mass is 10.2. The maximum absolute atomic E-state index is 5.22. The molecule has 0 unspecified atom stereocenters. The van der Waals surface area contributed by atoms with Crippen molar-refractivity contribution in [3.8, 4) is 0 Å². The zero-order valence-electron chi connectivity index (χ0n) is 11.0. The van der Waals surface area contributed by atoms with Crippen molar-refractivity contribution in [2.75, 3.05) is 0 Å². The van der Waals surface area contributed by atoms with Crippen molar-refractivity contribution in [3.05, 3.63) is 63.1 Å². The van der Waals surface area contributed by atoms with Crippen molar-refractivity contribution in [2.24, 2.45) is 5.10 Å². The van der Waals surface area contributed by atoms with Crippen LogP contribution < -0.4 is 0 Å². The van der Waals surface area contributed by atoms with Gasteiger partial charge in [-0.05, 0) is 34.6 Å². The standard InChI is InChI=1S/C14H12N4S3/c19-13-16-17-14(21-10-11-4-2-1-3-5-11)18(13)15-8-12-6-7-20-9-12/h1-9H,10H2,(H,16,19)/b15-8-. The molecular formula is C14H12N4S3. The summed E-state index contributed by atoms with van der Waals surface area (Å²) >= 11 is 8.46. The number of aromatic nitrogens is 3. The quantitative estimate of drug-likeness (QED) is 0.433. The van der Waals surface area contributed by atoms with Crippen LogP contribution in [0.25, 0.3) is 0 Å². The van der Waals surface area contributed by atoms with E-state index in [9.17, 15) is 0 Å². The third kappa shape index (κ3) is 3.69. The van der Waals surface area contributed by atoms with E-state index in [-0.39, 0.29) is 0 Å². The van der Waals surface area contributed by atoms with E-state index < -0.39 is 0 Å². The fourth-order valence-corrected chi connectivity index (χ4v) is 3.37. The fraction of sp³-hybridized carbons (Fsp3) is 0.0714. The molecule has 4 nitrogen and oxygen atoms in total. The van der Waals surface area contributed by atoms with Gasteiger partial charge in [-0.25, -0.2) is 5.10 Å². The fourth-order valence-electron chi connectivity index (χ4n) is 1.67. The molecule has 0 saturated heterocycles. The second-order valence-electron chi connectivity index (χ2n) is 4.20. The molecule has 106 valence electrons. The number of nitrogens with zero attached hydrogens (tertiary/aromatic N) is 3. The summed E-state index contributed by atoms with van der Waals surface area (Å²) in [5.41, 5.74) is 2.30. The molecule has 3 aromatic rings. The molecule has 0 saturated carbocycles. The molecule has 0 amide bonds. The smallest absolute Gasteiger partial charge is 0.217 e. The second-order valence-corrected chi connectivity index (χ2v) is 6.31. The van der Waals surface area contributed by atoms with E-state index >= 15 is 0 Å². The summed E-state index contributed by atoms with van der Waals surface area (Å²) in [5.74, 6) is 0.828. The minimum absolute atomic E-state index is 0.497. The Labute approximate surface area is 135 Å². The summed E-state index contributed by atoms with van der Waals surface area (Å²) in [7, 11) is 0. The molecule has 1 N–H and O–H groups in total. The summed E-state index contributed by atoms with van der Waals surface area (Å²) < 4.78 is 2.15. The molecule has 0 bridgehead atoms. The number of hydrogen-bond acceptors (Lipinski definition) is 5. The highest BCUT2D eigenvalue weighted by Crippen LogP contribution is 2.20. The van der Waals surface area contributed by atoms with Gasteiger partial charge in [0.15, 0.2) is 0 Å². The van der Waals surface area contributed by atoms with Crippen LogP contribution in [0.2, 0.25) is 0 Å². The predicted octanol–water partition coefficient (Wildman–Crippen LogP) is 4.18. The van der Waals surface area contributed by atoms with Crippen molar-refractivity contribution < 1.29 is 0 Å². The Morgan fingerprint density at radius 1 is 1.33 bits per heavy atom. The van der Waals surface area contributed by atoms with E-state index in [1.54, 1.807) is 34.0 Å². The maximum atomic E-state index is 5.22. The topological polar surface area (TPSA) is 46.0 Å². The molecule has 0 aliphatic rings. The highest BCUT2D eigenvalue weighted by Gasteiger charge is 2.06. The summed E-state index contributed by atoms with van der Waals surface area (Å²) in [6.45, 7) is 0. The Kier molecular flexibility index (Phi) is 4.64. The van der Waals surface area contributed by atoms with Crippen LogP contribution in [0, 0.1) is 4.77 Å². The average molecular weight is 332 g/mol. The highest BCUT2D eigenvalue weighted by molar-refractivity contribution is 7.98. The van der Waals surface area contributed by atoms with Crippen LogP contribution in [-0.2, 0) is 5.75 Å². The van der Waals surface area contributed by atoms with E-state index in [0.29, 0.717) is 4.77 Å². The molecule has 0 spiro atoms. The number of benzene rings is 1. The van der Waals surface area contributed by atoms with E-state index in [1.165, 1.54) is 5.56 Å². The van der Waals surface area contributed by atoms with Crippen molar-refractivity contribution in [1.29, 1.82) is 0 Å². The Hall–Kier alpha value is -1.70. The van der Waals surface area contributed by atoms with Crippen LogP contribution in [0.15, 0.2) is 57.4 Å². The van der Waals surface area contributed by atoms with Crippen molar-refractivity contribution in [1.82, 2.24) is 14.9 Å². The Morgan fingerprint density at radius 2 is 2.19 bits per heavy atom. The second kappa shape index (κ2) is 6.84.